The maximum Gasteiger partial charge on any atom is 0.410 e. The first-order chi connectivity index (χ1) is 14.7. The van der Waals surface area contributed by atoms with Gasteiger partial charge in [0.2, 0.25) is 0 Å². The van der Waals surface area contributed by atoms with Gasteiger partial charge in [-0.05, 0) is 39.7 Å². The average molecular weight is 423 g/mol. The summed E-state index contributed by atoms with van der Waals surface area (Å²) in [4.78, 5) is 16.4. The number of benzene rings is 1. The second kappa shape index (κ2) is 8.17. The molecule has 0 atom stereocenters. The Bertz CT molecular complexity index is 1080. The lowest BCUT2D eigenvalue weighted by Gasteiger charge is -2.37. The van der Waals surface area contributed by atoms with E-state index < -0.39 is 5.60 Å². The van der Waals surface area contributed by atoms with E-state index in [2.05, 4.69) is 32.3 Å². The number of ether oxygens (including phenoxy) is 1. The molecule has 0 bridgehead atoms. The molecule has 1 amide bonds. The fourth-order valence-corrected chi connectivity index (χ4v) is 4.07. The molecule has 8 nitrogen and oxygen atoms in total. The summed E-state index contributed by atoms with van der Waals surface area (Å²) in [6.07, 6.45) is 3.22. The molecule has 4 rings (SSSR count). The van der Waals surface area contributed by atoms with Crippen molar-refractivity contribution < 1.29 is 9.53 Å². The SMILES string of the molecule is CN(C(=O)OC(C)(C)C)C1CCN(c2nnc(-c3ccnn3C)c3ccccc23)CC1. The molecule has 0 saturated carbocycles. The number of aryl methyl sites for hydroxylation is 1. The highest BCUT2D eigenvalue weighted by Gasteiger charge is 2.29. The lowest BCUT2D eigenvalue weighted by atomic mass is 10.0. The molecule has 0 radical (unpaired) electrons. The number of carbonyl (C=O) groups excluding carboxylic acids is 1. The molecule has 3 aromatic rings. The van der Waals surface area contributed by atoms with Crippen LogP contribution in [-0.4, -0.2) is 62.8 Å². The summed E-state index contributed by atoms with van der Waals surface area (Å²) in [5.41, 5.74) is 1.28. The zero-order chi connectivity index (χ0) is 22.2. The number of amides is 1. The van der Waals surface area contributed by atoms with Crippen molar-refractivity contribution in [3.8, 4) is 11.4 Å². The van der Waals surface area contributed by atoms with Crippen molar-refractivity contribution in [2.45, 2.75) is 45.3 Å². The highest BCUT2D eigenvalue weighted by Crippen LogP contribution is 2.32. The molecule has 1 aromatic carbocycles. The van der Waals surface area contributed by atoms with Gasteiger partial charge in [0, 0.05) is 50.2 Å². The third-order valence-electron chi connectivity index (χ3n) is 5.72. The predicted octanol–water partition coefficient (Wildman–Crippen LogP) is 3.87. The van der Waals surface area contributed by atoms with Crippen molar-refractivity contribution in [1.29, 1.82) is 0 Å². The van der Waals surface area contributed by atoms with Gasteiger partial charge in [-0.1, -0.05) is 24.3 Å². The Morgan fingerprint density at radius 1 is 1.10 bits per heavy atom. The van der Waals surface area contributed by atoms with Gasteiger partial charge in [0.15, 0.2) is 5.82 Å². The zero-order valence-corrected chi connectivity index (χ0v) is 18.9. The van der Waals surface area contributed by atoms with Crippen LogP contribution < -0.4 is 4.90 Å². The molecular weight excluding hydrogens is 392 g/mol. The number of hydrogen-bond acceptors (Lipinski definition) is 6. The van der Waals surface area contributed by atoms with Gasteiger partial charge in [-0.3, -0.25) is 4.68 Å². The lowest BCUT2D eigenvalue weighted by molar-refractivity contribution is 0.0201. The topological polar surface area (TPSA) is 76.4 Å². The van der Waals surface area contributed by atoms with Gasteiger partial charge in [-0.2, -0.15) is 5.10 Å². The quantitative estimate of drug-likeness (QED) is 0.638. The molecular formula is C23H30N6O2. The molecule has 0 unspecified atom stereocenters. The monoisotopic (exact) mass is 422 g/mol. The van der Waals surface area contributed by atoms with E-state index >= 15 is 0 Å². The summed E-state index contributed by atoms with van der Waals surface area (Å²) in [5, 5.41) is 15.6. The number of nitrogens with zero attached hydrogens (tertiary/aromatic N) is 6. The van der Waals surface area contributed by atoms with E-state index in [1.54, 1.807) is 11.1 Å². The minimum absolute atomic E-state index is 0.152. The van der Waals surface area contributed by atoms with Crippen molar-refractivity contribution in [2.24, 2.45) is 7.05 Å². The number of anilines is 1. The molecule has 0 spiro atoms. The summed E-state index contributed by atoms with van der Waals surface area (Å²) in [7, 11) is 3.73. The second-order valence-corrected chi connectivity index (χ2v) is 9.07. The summed E-state index contributed by atoms with van der Waals surface area (Å²) in [6, 6.07) is 10.3. The van der Waals surface area contributed by atoms with E-state index in [0.29, 0.717) is 0 Å². The maximum absolute atomic E-state index is 12.4. The summed E-state index contributed by atoms with van der Waals surface area (Å²) in [6.45, 7) is 7.28. The Morgan fingerprint density at radius 3 is 2.39 bits per heavy atom. The van der Waals surface area contributed by atoms with Crippen molar-refractivity contribution >= 4 is 22.7 Å². The van der Waals surface area contributed by atoms with Crippen LogP contribution in [0.25, 0.3) is 22.2 Å². The summed E-state index contributed by atoms with van der Waals surface area (Å²) in [5.74, 6) is 0.889. The highest BCUT2D eigenvalue weighted by molar-refractivity contribution is 5.99. The first-order valence-electron chi connectivity index (χ1n) is 10.7. The zero-order valence-electron chi connectivity index (χ0n) is 18.9. The molecule has 3 heterocycles. The van der Waals surface area contributed by atoms with Gasteiger partial charge in [0.1, 0.15) is 11.3 Å². The van der Waals surface area contributed by atoms with Crippen molar-refractivity contribution in [1.82, 2.24) is 24.9 Å². The fraction of sp³-hybridized carbons (Fsp3) is 0.478. The van der Waals surface area contributed by atoms with Gasteiger partial charge < -0.3 is 14.5 Å². The number of fused-ring (bicyclic) bond motifs is 1. The Balaban J connectivity index is 1.54. The Kier molecular flexibility index (Phi) is 5.56. The molecule has 0 aliphatic carbocycles. The number of aromatic nitrogens is 4. The molecule has 8 heteroatoms. The predicted molar refractivity (Wildman–Crippen MR) is 121 cm³/mol. The Morgan fingerprint density at radius 2 is 1.77 bits per heavy atom. The van der Waals surface area contributed by atoms with Crippen LogP contribution in [0, 0.1) is 0 Å². The van der Waals surface area contributed by atoms with Crippen LogP contribution in [0.15, 0.2) is 36.5 Å². The molecule has 0 N–H and O–H groups in total. The molecule has 1 fully saturated rings. The first-order valence-corrected chi connectivity index (χ1v) is 10.7. The smallest absolute Gasteiger partial charge is 0.410 e. The van der Waals surface area contributed by atoms with Crippen LogP contribution in [-0.2, 0) is 11.8 Å². The maximum atomic E-state index is 12.4. The van der Waals surface area contributed by atoms with E-state index in [9.17, 15) is 4.79 Å². The standard InChI is InChI=1S/C23H30N6O2/c1-23(2,3)31-22(30)27(4)16-11-14-29(15-12-16)21-18-9-7-6-8-17(18)20(25-26-21)19-10-13-24-28(19)5/h6-10,13,16H,11-12,14-15H2,1-5H3. The number of hydrogen-bond donors (Lipinski definition) is 0. The fourth-order valence-electron chi connectivity index (χ4n) is 4.07. The first kappa shape index (κ1) is 21.1. The van der Waals surface area contributed by atoms with Gasteiger partial charge in [-0.25, -0.2) is 4.79 Å². The Hall–Kier alpha value is -3.16. The summed E-state index contributed by atoms with van der Waals surface area (Å²) >= 11 is 0. The third-order valence-corrected chi connectivity index (χ3v) is 5.72. The van der Waals surface area contributed by atoms with Crippen LogP contribution >= 0.6 is 0 Å². The third kappa shape index (κ3) is 4.33. The molecule has 31 heavy (non-hydrogen) atoms. The van der Waals surface area contributed by atoms with E-state index in [1.807, 2.05) is 57.7 Å². The lowest BCUT2D eigenvalue weighted by Crippen LogP contribution is -2.47. The van der Waals surface area contributed by atoms with E-state index in [0.717, 1.165) is 53.9 Å². The van der Waals surface area contributed by atoms with Gasteiger partial charge >= 0.3 is 6.09 Å². The van der Waals surface area contributed by atoms with Crippen molar-refractivity contribution in [3.63, 3.8) is 0 Å². The molecule has 2 aromatic heterocycles. The van der Waals surface area contributed by atoms with Crippen molar-refractivity contribution in [2.75, 3.05) is 25.0 Å². The number of piperidine rings is 1. The normalized spacial score (nSPS) is 15.3. The van der Waals surface area contributed by atoms with Crippen LogP contribution in [0.4, 0.5) is 10.6 Å². The van der Waals surface area contributed by atoms with Crippen LogP contribution in [0.2, 0.25) is 0 Å². The minimum atomic E-state index is -0.490. The Labute approximate surface area is 182 Å². The molecule has 1 aliphatic rings. The minimum Gasteiger partial charge on any atom is -0.444 e. The highest BCUT2D eigenvalue weighted by atomic mass is 16.6. The summed E-state index contributed by atoms with van der Waals surface area (Å²) < 4.78 is 7.34. The largest absolute Gasteiger partial charge is 0.444 e. The van der Waals surface area contributed by atoms with Gasteiger partial charge in [-0.15, -0.1) is 10.2 Å². The second-order valence-electron chi connectivity index (χ2n) is 9.07. The van der Waals surface area contributed by atoms with Gasteiger partial charge in [0.25, 0.3) is 0 Å². The van der Waals surface area contributed by atoms with E-state index in [-0.39, 0.29) is 12.1 Å². The van der Waals surface area contributed by atoms with Gasteiger partial charge in [0.05, 0.1) is 5.69 Å². The molecule has 1 aliphatic heterocycles. The van der Waals surface area contributed by atoms with Crippen molar-refractivity contribution in [3.05, 3.63) is 36.5 Å². The number of carbonyl (C=O) groups is 1. The van der Waals surface area contributed by atoms with E-state index in [4.69, 9.17) is 4.74 Å². The van der Waals surface area contributed by atoms with Crippen LogP contribution in [0.1, 0.15) is 33.6 Å². The van der Waals surface area contributed by atoms with Crippen LogP contribution in [0.3, 0.4) is 0 Å². The average Bonchev–Trinajstić information content (AvgIpc) is 3.17. The van der Waals surface area contributed by atoms with E-state index in [1.165, 1.54) is 0 Å². The number of rotatable bonds is 3. The molecule has 1 saturated heterocycles. The van der Waals surface area contributed by atoms with Crippen LogP contribution in [0.5, 0.6) is 0 Å². The molecule has 164 valence electrons.